The molecule has 1 aromatic carbocycles. The average molecular weight is 280 g/mol. The van der Waals surface area contributed by atoms with Crippen LogP contribution in [0.3, 0.4) is 0 Å². The van der Waals surface area contributed by atoms with Gasteiger partial charge in [-0.05, 0) is 12.1 Å². The van der Waals surface area contributed by atoms with Gasteiger partial charge in [-0.3, -0.25) is 0 Å². The molecule has 1 saturated heterocycles. The van der Waals surface area contributed by atoms with Crippen LogP contribution in [0, 0.1) is 0 Å². The van der Waals surface area contributed by atoms with Crippen molar-refractivity contribution in [2.45, 2.75) is 6.10 Å². The Labute approximate surface area is 117 Å². The molecule has 6 heteroatoms. The van der Waals surface area contributed by atoms with E-state index >= 15 is 0 Å². The number of carbonyl (C=O) groups is 1. The zero-order valence-electron chi connectivity index (χ0n) is 10.7. The summed E-state index contributed by atoms with van der Waals surface area (Å²) in [5.41, 5.74) is 7.46. The van der Waals surface area contributed by atoms with Crippen molar-refractivity contribution in [2.24, 2.45) is 5.73 Å². The van der Waals surface area contributed by atoms with Crippen LogP contribution in [-0.4, -0.2) is 43.9 Å². The minimum Gasteiger partial charge on any atom is -0.467 e. The van der Waals surface area contributed by atoms with Crippen LogP contribution in [0.15, 0.2) is 24.3 Å². The SMILES string of the molecule is COC(=O)C1CN(c2ccccc2C(N)=S)CCO1. The van der Waals surface area contributed by atoms with Crippen LogP contribution < -0.4 is 10.6 Å². The van der Waals surface area contributed by atoms with Gasteiger partial charge in [-0.1, -0.05) is 24.4 Å². The Morgan fingerprint density at radius 1 is 1.53 bits per heavy atom. The summed E-state index contributed by atoms with van der Waals surface area (Å²) in [6.45, 7) is 1.59. The molecule has 0 radical (unpaired) electrons. The van der Waals surface area contributed by atoms with E-state index in [9.17, 15) is 4.79 Å². The number of benzene rings is 1. The fourth-order valence-electron chi connectivity index (χ4n) is 2.10. The zero-order chi connectivity index (χ0) is 13.8. The van der Waals surface area contributed by atoms with E-state index in [1.807, 2.05) is 29.2 Å². The maximum absolute atomic E-state index is 11.5. The second-order valence-electron chi connectivity index (χ2n) is 4.21. The Hall–Kier alpha value is -1.66. The molecule has 1 fully saturated rings. The molecule has 0 saturated carbocycles. The summed E-state index contributed by atoms with van der Waals surface area (Å²) in [5, 5.41) is 0. The lowest BCUT2D eigenvalue weighted by molar-refractivity contribution is -0.154. The summed E-state index contributed by atoms with van der Waals surface area (Å²) in [7, 11) is 1.35. The number of thiocarbonyl (C=S) groups is 1. The fraction of sp³-hybridized carbons (Fsp3) is 0.385. The highest BCUT2D eigenvalue weighted by Gasteiger charge is 2.28. The third-order valence-electron chi connectivity index (χ3n) is 3.04. The standard InChI is InChI=1S/C13H16N2O3S/c1-17-13(16)11-8-15(6-7-18-11)10-5-3-2-4-9(10)12(14)19/h2-5,11H,6-8H2,1H3,(H2,14,19). The van der Waals surface area contributed by atoms with Crippen molar-refractivity contribution >= 4 is 28.9 Å². The van der Waals surface area contributed by atoms with Crippen LogP contribution in [0.5, 0.6) is 0 Å². The Balaban J connectivity index is 2.22. The van der Waals surface area contributed by atoms with E-state index in [1.54, 1.807) is 0 Å². The molecule has 0 aromatic heterocycles. The first kappa shape index (κ1) is 13.8. The highest BCUT2D eigenvalue weighted by Crippen LogP contribution is 2.23. The van der Waals surface area contributed by atoms with Gasteiger partial charge < -0.3 is 20.1 Å². The predicted octanol–water partition coefficient (Wildman–Crippen LogP) is 0.699. The Bertz CT molecular complexity index is 493. The van der Waals surface area contributed by atoms with Gasteiger partial charge in [-0.2, -0.15) is 0 Å². The third kappa shape index (κ3) is 3.02. The van der Waals surface area contributed by atoms with Crippen LogP contribution in [0.25, 0.3) is 0 Å². The van der Waals surface area contributed by atoms with E-state index in [1.165, 1.54) is 7.11 Å². The lowest BCUT2D eigenvalue weighted by atomic mass is 10.1. The summed E-state index contributed by atoms with van der Waals surface area (Å²) >= 11 is 5.05. The topological polar surface area (TPSA) is 64.8 Å². The van der Waals surface area contributed by atoms with Gasteiger partial charge in [0.2, 0.25) is 0 Å². The predicted molar refractivity (Wildman–Crippen MR) is 76.3 cm³/mol. The normalized spacial score (nSPS) is 19.0. The van der Waals surface area contributed by atoms with E-state index in [4.69, 9.17) is 27.4 Å². The quantitative estimate of drug-likeness (QED) is 0.649. The van der Waals surface area contributed by atoms with Gasteiger partial charge in [-0.25, -0.2) is 4.79 Å². The van der Waals surface area contributed by atoms with Crippen molar-refractivity contribution in [1.82, 2.24) is 0 Å². The second-order valence-corrected chi connectivity index (χ2v) is 4.65. The summed E-state index contributed by atoms with van der Waals surface area (Å²) in [5.74, 6) is -0.363. The third-order valence-corrected chi connectivity index (χ3v) is 3.26. The first-order chi connectivity index (χ1) is 9.13. The molecule has 0 amide bonds. The Morgan fingerprint density at radius 3 is 2.95 bits per heavy atom. The molecule has 1 aliphatic rings. The summed E-state index contributed by atoms with van der Waals surface area (Å²) < 4.78 is 10.1. The maximum atomic E-state index is 11.5. The van der Waals surface area contributed by atoms with Crippen LogP contribution in [-0.2, 0) is 14.3 Å². The molecular formula is C13H16N2O3S. The number of nitrogens with zero attached hydrogens (tertiary/aromatic N) is 1. The number of methoxy groups -OCH3 is 1. The van der Waals surface area contributed by atoms with Gasteiger partial charge in [0.1, 0.15) is 4.99 Å². The number of hydrogen-bond donors (Lipinski definition) is 1. The van der Waals surface area contributed by atoms with Crippen LogP contribution >= 0.6 is 12.2 Å². The van der Waals surface area contributed by atoms with Gasteiger partial charge in [0.15, 0.2) is 6.10 Å². The number of ether oxygens (including phenoxy) is 2. The molecule has 2 N–H and O–H groups in total. The van der Waals surface area contributed by atoms with Gasteiger partial charge >= 0.3 is 5.97 Å². The number of rotatable bonds is 3. The highest BCUT2D eigenvalue weighted by atomic mass is 32.1. The van der Waals surface area contributed by atoms with Gasteiger partial charge in [0.05, 0.1) is 20.3 Å². The van der Waals surface area contributed by atoms with Crippen molar-refractivity contribution in [1.29, 1.82) is 0 Å². The highest BCUT2D eigenvalue weighted by molar-refractivity contribution is 7.80. The summed E-state index contributed by atoms with van der Waals surface area (Å²) in [6, 6.07) is 7.62. The van der Waals surface area contributed by atoms with Crippen molar-refractivity contribution in [3.63, 3.8) is 0 Å². The van der Waals surface area contributed by atoms with Crippen LogP contribution in [0.2, 0.25) is 0 Å². The molecule has 0 aliphatic carbocycles. The fourth-order valence-corrected chi connectivity index (χ4v) is 2.27. The van der Waals surface area contributed by atoms with Crippen molar-refractivity contribution in [3.8, 4) is 0 Å². The molecule has 1 aromatic rings. The number of nitrogens with two attached hydrogens (primary N) is 1. The number of morpholine rings is 1. The number of carbonyl (C=O) groups excluding carboxylic acids is 1. The zero-order valence-corrected chi connectivity index (χ0v) is 11.5. The Kier molecular flexibility index (Phi) is 4.34. The van der Waals surface area contributed by atoms with E-state index in [0.29, 0.717) is 24.7 Å². The smallest absolute Gasteiger partial charge is 0.336 e. The number of anilines is 1. The van der Waals surface area contributed by atoms with Gasteiger partial charge in [-0.15, -0.1) is 0 Å². The maximum Gasteiger partial charge on any atom is 0.336 e. The molecule has 5 nitrogen and oxygen atoms in total. The molecule has 1 aliphatic heterocycles. The van der Waals surface area contributed by atoms with E-state index in [2.05, 4.69) is 0 Å². The number of para-hydroxylation sites is 1. The average Bonchev–Trinajstić information content (AvgIpc) is 2.46. The van der Waals surface area contributed by atoms with Crippen molar-refractivity contribution < 1.29 is 14.3 Å². The van der Waals surface area contributed by atoms with Crippen molar-refractivity contribution in [2.75, 3.05) is 31.7 Å². The minimum atomic E-state index is -0.571. The molecule has 0 spiro atoms. The van der Waals surface area contributed by atoms with Gasteiger partial charge in [0.25, 0.3) is 0 Å². The molecule has 2 rings (SSSR count). The lowest BCUT2D eigenvalue weighted by Gasteiger charge is -2.34. The molecule has 0 bridgehead atoms. The largest absolute Gasteiger partial charge is 0.467 e. The monoisotopic (exact) mass is 280 g/mol. The van der Waals surface area contributed by atoms with Crippen LogP contribution in [0.1, 0.15) is 5.56 Å². The van der Waals surface area contributed by atoms with Gasteiger partial charge in [0, 0.05) is 17.8 Å². The lowest BCUT2D eigenvalue weighted by Crippen LogP contribution is -2.47. The molecule has 1 heterocycles. The second kappa shape index (κ2) is 5.99. The number of esters is 1. The number of hydrogen-bond acceptors (Lipinski definition) is 5. The molecule has 1 unspecified atom stereocenters. The van der Waals surface area contributed by atoms with Crippen molar-refractivity contribution in [3.05, 3.63) is 29.8 Å². The molecular weight excluding hydrogens is 264 g/mol. The van der Waals surface area contributed by atoms with E-state index < -0.39 is 6.10 Å². The van der Waals surface area contributed by atoms with E-state index in [0.717, 1.165) is 11.3 Å². The van der Waals surface area contributed by atoms with Crippen LogP contribution in [0.4, 0.5) is 5.69 Å². The summed E-state index contributed by atoms with van der Waals surface area (Å²) in [4.78, 5) is 13.9. The molecule has 1 atom stereocenters. The Morgan fingerprint density at radius 2 is 2.26 bits per heavy atom. The van der Waals surface area contributed by atoms with E-state index in [-0.39, 0.29) is 5.97 Å². The minimum absolute atomic E-state index is 0.344. The molecule has 19 heavy (non-hydrogen) atoms. The first-order valence-corrected chi connectivity index (χ1v) is 6.37. The molecule has 102 valence electrons. The summed E-state index contributed by atoms with van der Waals surface area (Å²) in [6.07, 6.45) is -0.571. The first-order valence-electron chi connectivity index (χ1n) is 5.96.